The Labute approximate surface area is 177 Å². The lowest BCUT2D eigenvalue weighted by atomic mass is 10.2. The predicted octanol–water partition coefficient (Wildman–Crippen LogP) is 2.57. The third-order valence-electron chi connectivity index (χ3n) is 5.19. The van der Waals surface area contributed by atoms with Gasteiger partial charge in [0.15, 0.2) is 0 Å². The van der Waals surface area contributed by atoms with Gasteiger partial charge in [0.2, 0.25) is 15.9 Å². The van der Waals surface area contributed by atoms with Crippen molar-refractivity contribution in [2.75, 3.05) is 39.3 Å². The van der Waals surface area contributed by atoms with Crippen molar-refractivity contribution >= 4 is 15.9 Å². The maximum absolute atomic E-state index is 13.1. The Hall–Kier alpha value is -2.29. The maximum atomic E-state index is 13.1. The van der Waals surface area contributed by atoms with Crippen LogP contribution in [0.3, 0.4) is 0 Å². The lowest BCUT2D eigenvalue weighted by Crippen LogP contribution is -2.52. The molecular formula is C22H28FN3O3S. The van der Waals surface area contributed by atoms with Gasteiger partial charge in [0.25, 0.3) is 0 Å². The van der Waals surface area contributed by atoms with Gasteiger partial charge in [0, 0.05) is 32.7 Å². The molecule has 1 aliphatic rings. The largest absolute Gasteiger partial charge is 0.339 e. The van der Waals surface area contributed by atoms with E-state index in [9.17, 15) is 17.6 Å². The standard InChI is InChI=1S/C22H28FN3O3S/c1-2-12-24(17-19-6-4-3-5-7-19)18-22(27)25-13-15-26(16-14-25)30(28,29)21-10-8-20(23)9-11-21/h3-11H,2,12-18H2,1H3. The number of carbonyl (C=O) groups excluding carboxylic acids is 1. The van der Waals surface area contributed by atoms with E-state index in [4.69, 9.17) is 0 Å². The second-order valence-electron chi connectivity index (χ2n) is 7.44. The van der Waals surface area contributed by atoms with Crippen molar-refractivity contribution in [2.24, 2.45) is 0 Å². The van der Waals surface area contributed by atoms with Crippen LogP contribution in [0.25, 0.3) is 0 Å². The van der Waals surface area contributed by atoms with Crippen LogP contribution in [0.4, 0.5) is 4.39 Å². The van der Waals surface area contributed by atoms with Gasteiger partial charge in [0.1, 0.15) is 5.82 Å². The van der Waals surface area contributed by atoms with E-state index >= 15 is 0 Å². The second kappa shape index (κ2) is 10.1. The molecular weight excluding hydrogens is 405 g/mol. The fraction of sp³-hybridized carbons (Fsp3) is 0.409. The van der Waals surface area contributed by atoms with Crippen molar-refractivity contribution in [3.05, 3.63) is 66.0 Å². The molecule has 2 aromatic rings. The average Bonchev–Trinajstić information content (AvgIpc) is 2.75. The smallest absolute Gasteiger partial charge is 0.243 e. The van der Waals surface area contributed by atoms with E-state index in [-0.39, 0.29) is 23.9 Å². The van der Waals surface area contributed by atoms with Crippen molar-refractivity contribution in [2.45, 2.75) is 24.8 Å². The van der Waals surface area contributed by atoms with Crippen LogP contribution in [0.5, 0.6) is 0 Å². The Morgan fingerprint density at radius 1 is 1.00 bits per heavy atom. The lowest BCUT2D eigenvalue weighted by Gasteiger charge is -2.35. The number of hydrogen-bond acceptors (Lipinski definition) is 4. The Morgan fingerprint density at radius 3 is 2.23 bits per heavy atom. The van der Waals surface area contributed by atoms with Crippen LogP contribution in [-0.4, -0.2) is 67.7 Å². The van der Waals surface area contributed by atoms with Crippen molar-refractivity contribution < 1.29 is 17.6 Å². The molecule has 0 aromatic heterocycles. The summed E-state index contributed by atoms with van der Waals surface area (Å²) in [5.74, 6) is -0.463. The minimum absolute atomic E-state index is 0.0122. The summed E-state index contributed by atoms with van der Waals surface area (Å²) in [6.45, 7) is 5.10. The molecule has 1 amide bonds. The molecule has 1 heterocycles. The molecule has 6 nitrogen and oxygen atoms in total. The van der Waals surface area contributed by atoms with Crippen LogP contribution in [0, 0.1) is 5.82 Å². The minimum atomic E-state index is -3.68. The number of hydrogen-bond donors (Lipinski definition) is 0. The summed E-state index contributed by atoms with van der Waals surface area (Å²) in [6, 6.07) is 14.9. The molecule has 0 aliphatic carbocycles. The van der Waals surface area contributed by atoms with Crippen molar-refractivity contribution in [1.29, 1.82) is 0 Å². The van der Waals surface area contributed by atoms with E-state index in [0.717, 1.165) is 30.7 Å². The summed E-state index contributed by atoms with van der Waals surface area (Å²) in [5, 5.41) is 0. The van der Waals surface area contributed by atoms with E-state index in [0.29, 0.717) is 26.2 Å². The first kappa shape index (κ1) is 22.4. The molecule has 8 heteroatoms. The molecule has 162 valence electrons. The molecule has 0 N–H and O–H groups in total. The molecule has 0 saturated carbocycles. The summed E-state index contributed by atoms with van der Waals surface area (Å²) < 4.78 is 39.9. The predicted molar refractivity (Wildman–Crippen MR) is 114 cm³/mol. The van der Waals surface area contributed by atoms with Gasteiger partial charge in [0.05, 0.1) is 11.4 Å². The summed E-state index contributed by atoms with van der Waals surface area (Å²) >= 11 is 0. The zero-order chi connectivity index (χ0) is 21.6. The van der Waals surface area contributed by atoms with Gasteiger partial charge >= 0.3 is 0 Å². The second-order valence-corrected chi connectivity index (χ2v) is 9.37. The molecule has 1 saturated heterocycles. The van der Waals surface area contributed by atoms with E-state index in [1.54, 1.807) is 4.90 Å². The van der Waals surface area contributed by atoms with E-state index in [1.165, 1.54) is 16.4 Å². The quantitative estimate of drug-likeness (QED) is 0.642. The molecule has 2 aromatic carbocycles. The number of piperazine rings is 1. The normalized spacial score (nSPS) is 15.5. The van der Waals surface area contributed by atoms with Gasteiger partial charge in [-0.1, -0.05) is 37.3 Å². The summed E-state index contributed by atoms with van der Waals surface area (Å²) in [5.41, 5.74) is 1.16. The number of nitrogens with zero attached hydrogens (tertiary/aromatic N) is 3. The number of amides is 1. The van der Waals surface area contributed by atoms with Crippen molar-refractivity contribution in [3.63, 3.8) is 0 Å². The highest BCUT2D eigenvalue weighted by atomic mass is 32.2. The van der Waals surface area contributed by atoms with Crippen LogP contribution in [0.1, 0.15) is 18.9 Å². The first-order valence-corrected chi connectivity index (χ1v) is 11.6. The van der Waals surface area contributed by atoms with Crippen molar-refractivity contribution in [1.82, 2.24) is 14.1 Å². The highest BCUT2D eigenvalue weighted by molar-refractivity contribution is 7.89. The highest BCUT2D eigenvalue weighted by Crippen LogP contribution is 2.18. The van der Waals surface area contributed by atoms with Gasteiger partial charge < -0.3 is 4.90 Å². The summed E-state index contributed by atoms with van der Waals surface area (Å²) in [4.78, 5) is 16.7. The molecule has 1 aliphatic heterocycles. The Kier molecular flexibility index (Phi) is 7.58. The fourth-order valence-corrected chi connectivity index (χ4v) is 5.02. The third-order valence-corrected chi connectivity index (χ3v) is 7.10. The van der Waals surface area contributed by atoms with Gasteiger partial charge in [-0.15, -0.1) is 0 Å². The van der Waals surface area contributed by atoms with E-state index < -0.39 is 15.8 Å². The highest BCUT2D eigenvalue weighted by Gasteiger charge is 2.30. The molecule has 3 rings (SSSR count). The van der Waals surface area contributed by atoms with Gasteiger partial charge in [-0.05, 0) is 42.8 Å². The fourth-order valence-electron chi connectivity index (χ4n) is 3.60. The van der Waals surface area contributed by atoms with E-state index in [2.05, 4.69) is 11.8 Å². The van der Waals surface area contributed by atoms with Crippen LogP contribution >= 0.6 is 0 Å². The number of carbonyl (C=O) groups is 1. The van der Waals surface area contributed by atoms with Crippen molar-refractivity contribution in [3.8, 4) is 0 Å². The lowest BCUT2D eigenvalue weighted by molar-refractivity contribution is -0.133. The number of benzene rings is 2. The number of rotatable bonds is 8. The first-order valence-electron chi connectivity index (χ1n) is 10.2. The maximum Gasteiger partial charge on any atom is 0.243 e. The summed E-state index contributed by atoms with van der Waals surface area (Å²) in [7, 11) is -3.68. The Bertz CT molecular complexity index is 928. The molecule has 0 radical (unpaired) electrons. The molecule has 0 unspecified atom stereocenters. The van der Waals surface area contributed by atoms with Gasteiger partial charge in [-0.2, -0.15) is 4.31 Å². The topological polar surface area (TPSA) is 60.9 Å². The average molecular weight is 434 g/mol. The first-order chi connectivity index (χ1) is 14.4. The van der Waals surface area contributed by atoms with Crippen LogP contribution < -0.4 is 0 Å². The van der Waals surface area contributed by atoms with Crippen LogP contribution in [0.2, 0.25) is 0 Å². The molecule has 0 spiro atoms. The van der Waals surface area contributed by atoms with Crippen LogP contribution in [-0.2, 0) is 21.4 Å². The Balaban J connectivity index is 1.56. The monoisotopic (exact) mass is 433 g/mol. The van der Waals surface area contributed by atoms with Gasteiger partial charge in [-0.3, -0.25) is 9.69 Å². The summed E-state index contributed by atoms with van der Waals surface area (Å²) in [6.07, 6.45) is 0.948. The number of halogens is 1. The van der Waals surface area contributed by atoms with Gasteiger partial charge in [-0.25, -0.2) is 12.8 Å². The zero-order valence-corrected chi connectivity index (χ0v) is 18.0. The molecule has 1 fully saturated rings. The molecule has 30 heavy (non-hydrogen) atoms. The minimum Gasteiger partial charge on any atom is -0.339 e. The number of sulfonamides is 1. The SMILES string of the molecule is CCCN(CC(=O)N1CCN(S(=O)(=O)c2ccc(F)cc2)CC1)Cc1ccccc1. The van der Waals surface area contributed by atoms with Crippen LogP contribution in [0.15, 0.2) is 59.5 Å². The Morgan fingerprint density at radius 2 is 1.63 bits per heavy atom. The van der Waals surface area contributed by atoms with E-state index in [1.807, 2.05) is 30.3 Å². The zero-order valence-electron chi connectivity index (χ0n) is 17.2. The molecule has 0 atom stereocenters. The molecule has 0 bridgehead atoms. The third kappa shape index (κ3) is 5.65.